The van der Waals surface area contributed by atoms with Crippen LogP contribution in [-0.4, -0.2) is 48.3 Å². The molecule has 0 aliphatic carbocycles. The Morgan fingerprint density at radius 2 is 1.82 bits per heavy atom. The van der Waals surface area contributed by atoms with Crippen molar-refractivity contribution in [2.45, 2.75) is 19.9 Å². The minimum absolute atomic E-state index is 0.660. The first-order valence-corrected chi connectivity index (χ1v) is 9.78. The van der Waals surface area contributed by atoms with Crippen LogP contribution in [0.15, 0.2) is 53.1 Å². The standard InChI is InChI=1S/C22H26N4O2/c1-3-17-7-9-18(10-8-17)22-23-21(28-24-22)16-25-11-13-26(14-12-25)19-5-4-6-20(15-19)27-2/h4-10,15H,3,11-14,16H2,1-2H3. The van der Waals surface area contributed by atoms with Crippen molar-refractivity contribution in [3.8, 4) is 17.1 Å². The summed E-state index contributed by atoms with van der Waals surface area (Å²) in [6, 6.07) is 16.6. The number of ether oxygens (including phenoxy) is 1. The maximum atomic E-state index is 5.49. The van der Waals surface area contributed by atoms with Gasteiger partial charge in [-0.05, 0) is 24.1 Å². The topological polar surface area (TPSA) is 54.6 Å². The lowest BCUT2D eigenvalue weighted by Gasteiger charge is -2.35. The minimum atomic E-state index is 0.660. The van der Waals surface area contributed by atoms with Crippen LogP contribution in [0.4, 0.5) is 5.69 Å². The van der Waals surface area contributed by atoms with Gasteiger partial charge in [-0.25, -0.2) is 0 Å². The van der Waals surface area contributed by atoms with Crippen molar-refractivity contribution < 1.29 is 9.26 Å². The van der Waals surface area contributed by atoms with Gasteiger partial charge in [0.1, 0.15) is 5.75 Å². The van der Waals surface area contributed by atoms with E-state index in [0.29, 0.717) is 18.3 Å². The molecule has 0 N–H and O–H groups in total. The summed E-state index contributed by atoms with van der Waals surface area (Å²) in [7, 11) is 1.70. The number of aromatic nitrogens is 2. The number of anilines is 1. The highest BCUT2D eigenvalue weighted by Crippen LogP contribution is 2.23. The quantitative estimate of drug-likeness (QED) is 0.653. The second-order valence-corrected chi connectivity index (χ2v) is 7.03. The van der Waals surface area contributed by atoms with E-state index in [0.717, 1.165) is 43.9 Å². The first-order chi connectivity index (χ1) is 13.7. The average molecular weight is 378 g/mol. The predicted octanol–water partition coefficient (Wildman–Crippen LogP) is 3.63. The van der Waals surface area contributed by atoms with E-state index in [1.54, 1.807) is 7.11 Å². The van der Waals surface area contributed by atoms with Crippen molar-refractivity contribution in [1.82, 2.24) is 15.0 Å². The van der Waals surface area contributed by atoms with Crippen molar-refractivity contribution in [3.05, 3.63) is 60.0 Å². The Bertz CT molecular complexity index is 899. The Morgan fingerprint density at radius 1 is 1.04 bits per heavy atom. The SMILES string of the molecule is CCc1ccc(-c2noc(CN3CCN(c4cccc(OC)c4)CC3)n2)cc1. The first-order valence-electron chi connectivity index (χ1n) is 9.78. The number of methoxy groups -OCH3 is 1. The summed E-state index contributed by atoms with van der Waals surface area (Å²) in [6.45, 7) is 6.68. The highest BCUT2D eigenvalue weighted by molar-refractivity contribution is 5.54. The smallest absolute Gasteiger partial charge is 0.241 e. The summed E-state index contributed by atoms with van der Waals surface area (Å²) in [6.07, 6.45) is 1.03. The van der Waals surface area contributed by atoms with Gasteiger partial charge in [-0.2, -0.15) is 4.98 Å². The van der Waals surface area contributed by atoms with Gasteiger partial charge in [-0.1, -0.05) is 42.4 Å². The highest BCUT2D eigenvalue weighted by atomic mass is 16.5. The van der Waals surface area contributed by atoms with Crippen LogP contribution in [0.5, 0.6) is 5.75 Å². The van der Waals surface area contributed by atoms with E-state index < -0.39 is 0 Å². The molecule has 1 aromatic heterocycles. The van der Waals surface area contributed by atoms with Gasteiger partial charge in [-0.3, -0.25) is 4.90 Å². The summed E-state index contributed by atoms with van der Waals surface area (Å²) >= 11 is 0. The zero-order valence-corrected chi connectivity index (χ0v) is 16.5. The average Bonchev–Trinajstić information content (AvgIpc) is 3.23. The van der Waals surface area contributed by atoms with E-state index in [1.807, 2.05) is 12.1 Å². The fourth-order valence-electron chi connectivity index (χ4n) is 3.49. The first kappa shape index (κ1) is 18.5. The normalized spacial score (nSPS) is 15.0. The largest absolute Gasteiger partial charge is 0.497 e. The molecule has 6 heteroatoms. The maximum Gasteiger partial charge on any atom is 0.241 e. The number of rotatable bonds is 6. The number of aryl methyl sites for hydroxylation is 1. The van der Waals surface area contributed by atoms with Crippen LogP contribution in [-0.2, 0) is 13.0 Å². The van der Waals surface area contributed by atoms with E-state index in [2.05, 4.69) is 63.3 Å². The van der Waals surface area contributed by atoms with Crippen LogP contribution in [0, 0.1) is 0 Å². The van der Waals surface area contributed by atoms with E-state index in [-0.39, 0.29) is 0 Å². The molecule has 1 aliphatic heterocycles. The van der Waals surface area contributed by atoms with Crippen LogP contribution in [0.3, 0.4) is 0 Å². The number of piperazine rings is 1. The van der Waals surface area contributed by atoms with E-state index in [4.69, 9.17) is 9.26 Å². The van der Waals surface area contributed by atoms with Gasteiger partial charge in [-0.15, -0.1) is 0 Å². The summed E-state index contributed by atoms with van der Waals surface area (Å²) < 4.78 is 10.8. The molecule has 0 spiro atoms. The molecule has 2 aromatic carbocycles. The summed E-state index contributed by atoms with van der Waals surface area (Å²) in [5.74, 6) is 2.22. The molecule has 3 aromatic rings. The van der Waals surface area contributed by atoms with Crippen LogP contribution in [0.25, 0.3) is 11.4 Å². The number of hydrogen-bond acceptors (Lipinski definition) is 6. The van der Waals surface area contributed by atoms with Crippen LogP contribution in [0.1, 0.15) is 18.4 Å². The number of nitrogens with zero attached hydrogens (tertiary/aromatic N) is 4. The lowest BCUT2D eigenvalue weighted by molar-refractivity contribution is 0.215. The molecule has 4 rings (SSSR count). The lowest BCUT2D eigenvalue weighted by Crippen LogP contribution is -2.46. The molecule has 146 valence electrons. The van der Waals surface area contributed by atoms with Crippen LogP contribution < -0.4 is 9.64 Å². The minimum Gasteiger partial charge on any atom is -0.497 e. The van der Waals surface area contributed by atoms with Gasteiger partial charge in [0.25, 0.3) is 0 Å². The molecule has 6 nitrogen and oxygen atoms in total. The van der Waals surface area contributed by atoms with Gasteiger partial charge in [0, 0.05) is 43.5 Å². The fraction of sp³-hybridized carbons (Fsp3) is 0.364. The molecular formula is C22H26N4O2. The molecule has 1 saturated heterocycles. The summed E-state index contributed by atoms with van der Waals surface area (Å²) in [4.78, 5) is 9.32. The van der Waals surface area contributed by atoms with Crippen molar-refractivity contribution in [2.75, 3.05) is 38.2 Å². The zero-order chi connectivity index (χ0) is 19.3. The third-order valence-corrected chi connectivity index (χ3v) is 5.24. The molecule has 0 unspecified atom stereocenters. The predicted molar refractivity (Wildman–Crippen MR) is 110 cm³/mol. The molecule has 0 saturated carbocycles. The van der Waals surface area contributed by atoms with Gasteiger partial charge in [0.2, 0.25) is 11.7 Å². The summed E-state index contributed by atoms with van der Waals surface area (Å²) in [5.41, 5.74) is 3.51. The Hall–Kier alpha value is -2.86. The van der Waals surface area contributed by atoms with Gasteiger partial charge in [0.05, 0.1) is 13.7 Å². The molecule has 0 radical (unpaired) electrons. The van der Waals surface area contributed by atoms with E-state index >= 15 is 0 Å². The Morgan fingerprint density at radius 3 is 2.54 bits per heavy atom. The second-order valence-electron chi connectivity index (χ2n) is 7.03. The second kappa shape index (κ2) is 8.44. The van der Waals surface area contributed by atoms with Gasteiger partial charge >= 0.3 is 0 Å². The van der Waals surface area contributed by atoms with Gasteiger partial charge in [0.15, 0.2) is 0 Å². The Kier molecular flexibility index (Phi) is 5.58. The van der Waals surface area contributed by atoms with E-state index in [1.165, 1.54) is 11.3 Å². The van der Waals surface area contributed by atoms with Crippen molar-refractivity contribution in [2.24, 2.45) is 0 Å². The monoisotopic (exact) mass is 378 g/mol. The lowest BCUT2D eigenvalue weighted by atomic mass is 10.1. The molecule has 2 heterocycles. The molecule has 0 amide bonds. The highest BCUT2D eigenvalue weighted by Gasteiger charge is 2.20. The molecule has 0 bridgehead atoms. The maximum absolute atomic E-state index is 5.49. The van der Waals surface area contributed by atoms with E-state index in [9.17, 15) is 0 Å². The molecular weight excluding hydrogens is 352 g/mol. The Labute approximate surface area is 165 Å². The fourth-order valence-corrected chi connectivity index (χ4v) is 3.49. The molecule has 1 aliphatic rings. The van der Waals surface area contributed by atoms with Crippen LogP contribution >= 0.6 is 0 Å². The zero-order valence-electron chi connectivity index (χ0n) is 16.5. The Balaban J connectivity index is 1.34. The number of hydrogen-bond donors (Lipinski definition) is 0. The molecule has 28 heavy (non-hydrogen) atoms. The van der Waals surface area contributed by atoms with Gasteiger partial charge < -0.3 is 14.2 Å². The summed E-state index contributed by atoms with van der Waals surface area (Å²) in [5, 5.41) is 4.15. The molecule has 0 atom stereocenters. The number of benzene rings is 2. The third kappa shape index (κ3) is 4.17. The van der Waals surface area contributed by atoms with Crippen LogP contribution in [0.2, 0.25) is 0 Å². The van der Waals surface area contributed by atoms with Crippen molar-refractivity contribution in [3.63, 3.8) is 0 Å². The van der Waals surface area contributed by atoms with Crippen molar-refractivity contribution in [1.29, 1.82) is 0 Å². The third-order valence-electron chi connectivity index (χ3n) is 5.24. The van der Waals surface area contributed by atoms with Crippen molar-refractivity contribution >= 4 is 5.69 Å². The molecule has 1 fully saturated rings.